The lowest BCUT2D eigenvalue weighted by atomic mass is 10.0. The average Bonchev–Trinajstić information content (AvgIpc) is 2.91. The minimum atomic E-state index is -0.709. The van der Waals surface area contributed by atoms with Crippen LogP contribution in [0.5, 0.6) is 0 Å². The molecule has 1 aromatic rings. The summed E-state index contributed by atoms with van der Waals surface area (Å²) in [6, 6.07) is 6.75. The van der Waals surface area contributed by atoms with Crippen LogP contribution in [-0.2, 0) is 4.79 Å². The second-order valence-corrected chi connectivity index (χ2v) is 6.14. The second kappa shape index (κ2) is 7.09. The van der Waals surface area contributed by atoms with Gasteiger partial charge in [0, 0.05) is 11.4 Å². The number of halogens is 1. The van der Waals surface area contributed by atoms with Gasteiger partial charge < -0.3 is 10.4 Å². The van der Waals surface area contributed by atoms with Gasteiger partial charge in [-0.1, -0.05) is 36.6 Å². The summed E-state index contributed by atoms with van der Waals surface area (Å²) in [5.41, 5.74) is 0.767. The van der Waals surface area contributed by atoms with Crippen LogP contribution in [0.3, 0.4) is 0 Å². The molecule has 0 bridgehead atoms. The van der Waals surface area contributed by atoms with Crippen LogP contribution >= 0.6 is 11.6 Å². The number of rotatable bonds is 5. The lowest BCUT2D eigenvalue weighted by Crippen LogP contribution is -2.37. The van der Waals surface area contributed by atoms with Crippen molar-refractivity contribution in [2.75, 3.05) is 0 Å². The van der Waals surface area contributed by atoms with Gasteiger partial charge in [-0.05, 0) is 43.4 Å². The molecule has 4 heteroatoms. The molecule has 1 fully saturated rings. The second-order valence-electron chi connectivity index (χ2n) is 5.71. The van der Waals surface area contributed by atoms with Gasteiger partial charge in [0.05, 0.1) is 12.1 Å². The molecule has 1 saturated carbocycles. The zero-order chi connectivity index (χ0) is 14.5. The van der Waals surface area contributed by atoms with Crippen molar-refractivity contribution in [1.29, 1.82) is 0 Å². The van der Waals surface area contributed by atoms with E-state index in [1.165, 1.54) is 12.8 Å². The third kappa shape index (κ3) is 4.22. The Bertz CT molecular complexity index is 440. The quantitative estimate of drug-likeness (QED) is 0.874. The van der Waals surface area contributed by atoms with E-state index in [2.05, 4.69) is 5.32 Å². The molecule has 1 amide bonds. The zero-order valence-electron chi connectivity index (χ0n) is 11.8. The number of carbonyl (C=O) groups excluding carboxylic acids is 1. The fraction of sp³-hybridized carbons (Fsp3) is 0.562. The Morgan fingerprint density at radius 1 is 1.35 bits per heavy atom. The van der Waals surface area contributed by atoms with Crippen molar-refractivity contribution in [3.63, 3.8) is 0 Å². The van der Waals surface area contributed by atoms with Gasteiger partial charge in [-0.3, -0.25) is 4.79 Å². The first-order valence-corrected chi connectivity index (χ1v) is 7.67. The van der Waals surface area contributed by atoms with Crippen LogP contribution in [0.25, 0.3) is 0 Å². The number of aliphatic hydroxyl groups is 1. The maximum atomic E-state index is 12.0. The van der Waals surface area contributed by atoms with E-state index < -0.39 is 6.10 Å². The summed E-state index contributed by atoms with van der Waals surface area (Å²) in [7, 11) is 0. The zero-order valence-corrected chi connectivity index (χ0v) is 12.6. The van der Waals surface area contributed by atoms with Crippen molar-refractivity contribution in [3.8, 4) is 0 Å². The Morgan fingerprint density at radius 2 is 1.95 bits per heavy atom. The van der Waals surface area contributed by atoms with Crippen LogP contribution in [0.1, 0.15) is 50.7 Å². The fourth-order valence-corrected chi connectivity index (χ4v) is 2.94. The molecule has 0 aliphatic heterocycles. The molecule has 2 N–H and O–H groups in total. The summed E-state index contributed by atoms with van der Waals surface area (Å²) >= 11 is 5.82. The topological polar surface area (TPSA) is 49.3 Å². The number of carbonyl (C=O) groups is 1. The van der Waals surface area contributed by atoms with Gasteiger partial charge in [0.15, 0.2) is 0 Å². The summed E-state index contributed by atoms with van der Waals surface area (Å²) in [6.07, 6.45) is 4.66. The van der Waals surface area contributed by atoms with Crippen LogP contribution in [0, 0.1) is 5.92 Å². The Morgan fingerprint density at radius 3 is 2.55 bits per heavy atom. The number of nitrogens with one attached hydrogen (secondary N) is 1. The van der Waals surface area contributed by atoms with Crippen LogP contribution < -0.4 is 5.32 Å². The molecular weight excluding hydrogens is 274 g/mol. The summed E-state index contributed by atoms with van der Waals surface area (Å²) in [4.78, 5) is 12.0. The largest absolute Gasteiger partial charge is 0.386 e. The van der Waals surface area contributed by atoms with Crippen LogP contribution in [0.4, 0.5) is 0 Å². The fourth-order valence-electron chi connectivity index (χ4n) is 2.82. The Kier molecular flexibility index (Phi) is 5.44. The lowest BCUT2D eigenvalue weighted by molar-refractivity contribution is -0.123. The summed E-state index contributed by atoms with van der Waals surface area (Å²) in [6.45, 7) is 1.83. The summed E-state index contributed by atoms with van der Waals surface area (Å²) < 4.78 is 0. The molecular formula is C16H22ClNO2. The van der Waals surface area contributed by atoms with Crippen LogP contribution in [0.2, 0.25) is 5.02 Å². The van der Waals surface area contributed by atoms with Gasteiger partial charge in [-0.15, -0.1) is 0 Å². The standard InChI is InChI=1S/C16H22ClNO2/c1-11(16(20)13-6-8-14(17)9-7-13)18-15(19)10-12-4-2-3-5-12/h6-9,11-12,16,20H,2-5,10H2,1H3,(H,18,19). The number of amides is 1. The van der Waals surface area contributed by atoms with Gasteiger partial charge in [0.1, 0.15) is 0 Å². The molecule has 0 radical (unpaired) electrons. The average molecular weight is 296 g/mol. The molecule has 2 unspecified atom stereocenters. The predicted molar refractivity (Wildman–Crippen MR) is 80.6 cm³/mol. The minimum Gasteiger partial charge on any atom is -0.386 e. The highest BCUT2D eigenvalue weighted by Crippen LogP contribution is 2.27. The van der Waals surface area contributed by atoms with Crippen molar-refractivity contribution >= 4 is 17.5 Å². The van der Waals surface area contributed by atoms with Crippen molar-refractivity contribution < 1.29 is 9.90 Å². The predicted octanol–water partition coefficient (Wildman–Crippen LogP) is 3.46. The summed E-state index contributed by atoms with van der Waals surface area (Å²) in [5, 5.41) is 13.8. The normalized spacial score (nSPS) is 18.8. The van der Waals surface area contributed by atoms with Crippen molar-refractivity contribution in [2.45, 2.75) is 51.2 Å². The van der Waals surface area contributed by atoms with Crippen molar-refractivity contribution in [2.24, 2.45) is 5.92 Å². The molecule has 3 nitrogen and oxygen atoms in total. The minimum absolute atomic E-state index is 0.0393. The Hall–Kier alpha value is -1.06. The third-order valence-electron chi connectivity index (χ3n) is 4.02. The van der Waals surface area contributed by atoms with E-state index in [-0.39, 0.29) is 11.9 Å². The molecule has 1 aliphatic carbocycles. The van der Waals surface area contributed by atoms with Crippen LogP contribution in [0.15, 0.2) is 24.3 Å². The van der Waals surface area contributed by atoms with E-state index >= 15 is 0 Å². The molecule has 110 valence electrons. The number of benzene rings is 1. The van der Waals surface area contributed by atoms with E-state index in [0.717, 1.165) is 18.4 Å². The SMILES string of the molecule is CC(NC(=O)CC1CCCC1)C(O)c1ccc(Cl)cc1. The molecule has 2 atom stereocenters. The Labute approximate surface area is 125 Å². The monoisotopic (exact) mass is 295 g/mol. The molecule has 0 heterocycles. The van der Waals surface area contributed by atoms with E-state index in [0.29, 0.717) is 17.4 Å². The van der Waals surface area contributed by atoms with Gasteiger partial charge in [-0.25, -0.2) is 0 Å². The molecule has 20 heavy (non-hydrogen) atoms. The highest BCUT2D eigenvalue weighted by molar-refractivity contribution is 6.30. The maximum absolute atomic E-state index is 12.0. The van der Waals surface area contributed by atoms with Gasteiger partial charge in [0.2, 0.25) is 5.91 Å². The molecule has 0 spiro atoms. The Balaban J connectivity index is 1.85. The van der Waals surface area contributed by atoms with E-state index in [1.807, 2.05) is 6.92 Å². The van der Waals surface area contributed by atoms with E-state index in [1.54, 1.807) is 24.3 Å². The summed E-state index contributed by atoms with van der Waals surface area (Å²) in [5.74, 6) is 0.562. The smallest absolute Gasteiger partial charge is 0.220 e. The van der Waals surface area contributed by atoms with Crippen molar-refractivity contribution in [3.05, 3.63) is 34.9 Å². The number of hydrogen-bond donors (Lipinski definition) is 2. The lowest BCUT2D eigenvalue weighted by Gasteiger charge is -2.21. The van der Waals surface area contributed by atoms with Crippen LogP contribution in [-0.4, -0.2) is 17.1 Å². The first kappa shape index (κ1) is 15.3. The van der Waals surface area contributed by atoms with E-state index in [4.69, 9.17) is 11.6 Å². The molecule has 0 saturated heterocycles. The highest BCUT2D eigenvalue weighted by Gasteiger charge is 2.22. The number of hydrogen-bond acceptors (Lipinski definition) is 2. The first-order valence-electron chi connectivity index (χ1n) is 7.29. The molecule has 0 aromatic heterocycles. The van der Waals surface area contributed by atoms with E-state index in [9.17, 15) is 9.90 Å². The van der Waals surface area contributed by atoms with Gasteiger partial charge in [0.25, 0.3) is 0 Å². The number of aliphatic hydroxyl groups excluding tert-OH is 1. The molecule has 1 aromatic carbocycles. The van der Waals surface area contributed by atoms with Gasteiger partial charge in [-0.2, -0.15) is 0 Å². The first-order chi connectivity index (χ1) is 9.56. The molecule has 1 aliphatic rings. The molecule has 2 rings (SSSR count). The van der Waals surface area contributed by atoms with Gasteiger partial charge >= 0.3 is 0 Å². The highest BCUT2D eigenvalue weighted by atomic mass is 35.5. The maximum Gasteiger partial charge on any atom is 0.220 e. The third-order valence-corrected chi connectivity index (χ3v) is 4.27. The van der Waals surface area contributed by atoms with Crippen molar-refractivity contribution in [1.82, 2.24) is 5.32 Å².